The van der Waals surface area contributed by atoms with Gasteiger partial charge >= 0.3 is 0 Å². The maximum Gasteiger partial charge on any atom is 0.135 e. The van der Waals surface area contributed by atoms with E-state index in [1.54, 1.807) is 25.5 Å². The number of anilines is 1. The summed E-state index contributed by atoms with van der Waals surface area (Å²) in [5.41, 5.74) is 3.83. The fourth-order valence-electron chi connectivity index (χ4n) is 4.24. The number of aromatic amines is 1. The van der Waals surface area contributed by atoms with Crippen LogP contribution in [0.3, 0.4) is 0 Å². The number of fused-ring (bicyclic) bond motifs is 1. The molecule has 0 unspecified atom stereocenters. The van der Waals surface area contributed by atoms with Crippen molar-refractivity contribution < 1.29 is 8.78 Å². The molecule has 0 amide bonds. The van der Waals surface area contributed by atoms with Crippen LogP contribution >= 0.6 is 0 Å². The number of H-pyrrole nitrogens is 1. The highest BCUT2D eigenvalue weighted by Gasteiger charge is 2.19. The SMILES string of the molecule is CNCc1cc(F)c(-c2cc3c(-c4cncc(N5CCN(C)CC5)c4)n[nH]c3cn2)c(F)c1. The van der Waals surface area contributed by atoms with Crippen molar-refractivity contribution in [3.8, 4) is 22.5 Å². The van der Waals surface area contributed by atoms with Gasteiger partial charge < -0.3 is 15.1 Å². The van der Waals surface area contributed by atoms with Gasteiger partial charge in [0.1, 0.15) is 17.3 Å². The first-order valence-electron chi connectivity index (χ1n) is 10.9. The van der Waals surface area contributed by atoms with Crippen LogP contribution < -0.4 is 10.2 Å². The number of hydrogen-bond acceptors (Lipinski definition) is 6. The van der Waals surface area contributed by atoms with Crippen LogP contribution in [0.4, 0.5) is 14.5 Å². The highest BCUT2D eigenvalue weighted by atomic mass is 19.1. The van der Waals surface area contributed by atoms with Gasteiger partial charge in [-0.2, -0.15) is 5.10 Å². The predicted octanol–water partition coefficient (Wildman–Crippen LogP) is 3.44. The Kier molecular flexibility index (Phi) is 5.74. The van der Waals surface area contributed by atoms with Gasteiger partial charge in [-0.25, -0.2) is 8.78 Å². The van der Waals surface area contributed by atoms with Gasteiger partial charge in [0.2, 0.25) is 0 Å². The molecule has 0 spiro atoms. The number of nitrogens with zero attached hydrogens (tertiary/aromatic N) is 5. The Balaban J connectivity index is 1.53. The minimum atomic E-state index is -0.643. The molecule has 5 rings (SSSR count). The molecule has 9 heteroatoms. The van der Waals surface area contributed by atoms with Crippen molar-refractivity contribution in [2.24, 2.45) is 0 Å². The van der Waals surface area contributed by atoms with E-state index in [0.717, 1.165) is 42.8 Å². The summed E-state index contributed by atoms with van der Waals surface area (Å²) in [7, 11) is 3.85. The predicted molar refractivity (Wildman–Crippen MR) is 125 cm³/mol. The summed E-state index contributed by atoms with van der Waals surface area (Å²) in [5.74, 6) is -1.29. The first-order chi connectivity index (χ1) is 16.0. The number of nitrogens with one attached hydrogen (secondary N) is 2. The van der Waals surface area contributed by atoms with E-state index in [2.05, 4.69) is 48.4 Å². The molecular formula is C24H25F2N7. The Morgan fingerprint density at radius 1 is 1.00 bits per heavy atom. The second kappa shape index (κ2) is 8.84. The Morgan fingerprint density at radius 2 is 1.76 bits per heavy atom. The van der Waals surface area contributed by atoms with Gasteiger partial charge in [-0.1, -0.05) is 0 Å². The number of hydrogen-bond donors (Lipinski definition) is 2. The van der Waals surface area contributed by atoms with Crippen LogP contribution in [0.2, 0.25) is 0 Å². The number of benzene rings is 1. The molecule has 0 atom stereocenters. The Labute approximate surface area is 190 Å². The van der Waals surface area contributed by atoms with E-state index >= 15 is 0 Å². The third kappa shape index (κ3) is 4.17. The molecule has 0 aliphatic carbocycles. The largest absolute Gasteiger partial charge is 0.368 e. The van der Waals surface area contributed by atoms with Gasteiger partial charge in [0.25, 0.3) is 0 Å². The number of pyridine rings is 2. The molecule has 1 saturated heterocycles. The maximum absolute atomic E-state index is 14.8. The van der Waals surface area contributed by atoms with Crippen LogP contribution in [0.1, 0.15) is 5.56 Å². The standard InChI is InChI=1S/C24H25F2N7/c1-27-11-15-7-19(25)23(20(26)8-15)21-10-18-22(14-29-21)30-31-24(18)16-9-17(13-28-12-16)33-5-3-32(2)4-6-33/h7-10,12-14,27H,3-6,11H2,1-2H3,(H,30,31). The summed E-state index contributed by atoms with van der Waals surface area (Å²) in [6, 6.07) is 6.40. The van der Waals surface area contributed by atoms with Crippen molar-refractivity contribution in [3.05, 3.63) is 60.1 Å². The molecular weight excluding hydrogens is 424 g/mol. The fraction of sp³-hybridized carbons (Fsp3) is 0.292. The Morgan fingerprint density at radius 3 is 2.48 bits per heavy atom. The summed E-state index contributed by atoms with van der Waals surface area (Å²) < 4.78 is 29.6. The van der Waals surface area contributed by atoms with Gasteiger partial charge in [-0.15, -0.1) is 0 Å². The molecule has 0 bridgehead atoms. The number of halogens is 2. The molecule has 4 aromatic rings. The minimum absolute atomic E-state index is 0.145. The molecule has 0 saturated carbocycles. The molecule has 0 radical (unpaired) electrons. The van der Waals surface area contributed by atoms with E-state index in [1.165, 1.54) is 12.1 Å². The van der Waals surface area contributed by atoms with E-state index in [-0.39, 0.29) is 11.3 Å². The summed E-state index contributed by atoms with van der Waals surface area (Å²) in [6.07, 6.45) is 5.16. The average Bonchev–Trinajstić information content (AvgIpc) is 3.23. The Hall–Kier alpha value is -3.43. The molecule has 1 aliphatic rings. The van der Waals surface area contributed by atoms with E-state index in [9.17, 15) is 8.78 Å². The normalized spacial score (nSPS) is 14.8. The summed E-state index contributed by atoms with van der Waals surface area (Å²) in [5, 5.41) is 11.1. The zero-order valence-electron chi connectivity index (χ0n) is 18.6. The monoisotopic (exact) mass is 449 g/mol. The van der Waals surface area contributed by atoms with Gasteiger partial charge in [0.15, 0.2) is 0 Å². The summed E-state index contributed by atoms with van der Waals surface area (Å²) >= 11 is 0. The maximum atomic E-state index is 14.8. The highest BCUT2D eigenvalue weighted by molar-refractivity contribution is 5.94. The van der Waals surface area contributed by atoms with Crippen LogP contribution in [0.15, 0.2) is 42.9 Å². The molecule has 1 aliphatic heterocycles. The highest BCUT2D eigenvalue weighted by Crippen LogP contribution is 2.32. The van der Waals surface area contributed by atoms with E-state index in [1.807, 2.05) is 6.20 Å². The second-order valence-electron chi connectivity index (χ2n) is 8.37. The van der Waals surface area contributed by atoms with Crippen LogP contribution in [-0.2, 0) is 6.54 Å². The van der Waals surface area contributed by atoms with Gasteiger partial charge in [-0.3, -0.25) is 15.1 Å². The van der Waals surface area contributed by atoms with Crippen molar-refractivity contribution in [1.29, 1.82) is 0 Å². The topological polar surface area (TPSA) is 73.0 Å². The van der Waals surface area contributed by atoms with Gasteiger partial charge in [0.05, 0.1) is 34.9 Å². The first-order valence-corrected chi connectivity index (χ1v) is 10.9. The fourth-order valence-corrected chi connectivity index (χ4v) is 4.24. The van der Waals surface area contributed by atoms with Crippen molar-refractivity contribution in [2.45, 2.75) is 6.54 Å². The lowest BCUT2D eigenvalue weighted by atomic mass is 10.0. The smallest absolute Gasteiger partial charge is 0.135 e. The molecule has 7 nitrogen and oxygen atoms in total. The number of rotatable bonds is 5. The van der Waals surface area contributed by atoms with Crippen molar-refractivity contribution in [2.75, 3.05) is 45.2 Å². The van der Waals surface area contributed by atoms with Crippen molar-refractivity contribution in [3.63, 3.8) is 0 Å². The molecule has 33 heavy (non-hydrogen) atoms. The van der Waals surface area contributed by atoms with Crippen LogP contribution in [0.25, 0.3) is 33.4 Å². The number of likely N-dealkylation sites (N-methyl/N-ethyl adjacent to an activating group) is 1. The summed E-state index contributed by atoms with van der Waals surface area (Å²) in [4.78, 5) is 13.3. The Bertz CT molecular complexity index is 1270. The lowest BCUT2D eigenvalue weighted by molar-refractivity contribution is 0.313. The molecule has 2 N–H and O–H groups in total. The lowest BCUT2D eigenvalue weighted by Gasteiger charge is -2.33. The molecule has 4 heterocycles. The van der Waals surface area contributed by atoms with Crippen molar-refractivity contribution >= 4 is 16.6 Å². The van der Waals surface area contributed by atoms with E-state index in [0.29, 0.717) is 23.3 Å². The average molecular weight is 450 g/mol. The number of piperazine rings is 1. The summed E-state index contributed by atoms with van der Waals surface area (Å²) in [6.45, 7) is 4.23. The number of aromatic nitrogens is 4. The van der Waals surface area contributed by atoms with Crippen LogP contribution in [-0.4, -0.2) is 65.3 Å². The van der Waals surface area contributed by atoms with Crippen LogP contribution in [0.5, 0.6) is 0 Å². The molecule has 1 fully saturated rings. The molecule has 1 aromatic carbocycles. The third-order valence-electron chi connectivity index (χ3n) is 6.05. The molecule has 3 aromatic heterocycles. The molecule has 170 valence electrons. The zero-order valence-corrected chi connectivity index (χ0v) is 18.6. The third-order valence-corrected chi connectivity index (χ3v) is 6.05. The zero-order chi connectivity index (χ0) is 22.9. The van der Waals surface area contributed by atoms with Crippen LogP contribution in [0, 0.1) is 11.6 Å². The second-order valence-corrected chi connectivity index (χ2v) is 8.37. The van der Waals surface area contributed by atoms with E-state index in [4.69, 9.17) is 0 Å². The van der Waals surface area contributed by atoms with Crippen molar-refractivity contribution in [1.82, 2.24) is 30.4 Å². The van der Waals surface area contributed by atoms with Gasteiger partial charge in [0, 0.05) is 49.9 Å². The van der Waals surface area contributed by atoms with E-state index < -0.39 is 11.6 Å². The van der Waals surface area contributed by atoms with Gasteiger partial charge in [-0.05, 0) is 43.9 Å². The first kappa shape index (κ1) is 21.4. The quantitative estimate of drug-likeness (QED) is 0.486. The lowest BCUT2D eigenvalue weighted by Crippen LogP contribution is -2.44. The minimum Gasteiger partial charge on any atom is -0.368 e.